The minimum Gasteiger partial charge on any atom is -0.0988 e. The summed E-state index contributed by atoms with van der Waals surface area (Å²) in [5.41, 5.74) is 5.02. The quantitative estimate of drug-likeness (QED) is 0.626. The van der Waals surface area contributed by atoms with Gasteiger partial charge in [0.05, 0.1) is 0 Å². The molecule has 0 nitrogen and oxygen atoms in total. The predicted octanol–water partition coefficient (Wildman–Crippen LogP) is 4.53. The van der Waals surface area contributed by atoms with Gasteiger partial charge in [0.2, 0.25) is 0 Å². The molecule has 0 aliphatic carbocycles. The molecule has 0 saturated carbocycles. The average molecular weight is 198 g/mol. The van der Waals surface area contributed by atoms with Gasteiger partial charge in [-0.15, -0.1) is 0 Å². The van der Waals surface area contributed by atoms with E-state index in [0.717, 1.165) is 0 Å². The third-order valence-corrected chi connectivity index (χ3v) is 2.43. The lowest BCUT2D eigenvalue weighted by Crippen LogP contribution is -1.79. The molecule has 0 unspecified atom stereocenters. The zero-order valence-electron chi connectivity index (χ0n) is 9.75. The molecule has 78 valence electrons. The number of hydrogen-bond acceptors (Lipinski definition) is 0. The summed E-state index contributed by atoms with van der Waals surface area (Å²) in [4.78, 5) is 0. The van der Waals surface area contributed by atoms with Crippen LogP contribution < -0.4 is 0 Å². The van der Waals surface area contributed by atoms with Crippen LogP contribution in [0.2, 0.25) is 0 Å². The Morgan fingerprint density at radius 1 is 1.07 bits per heavy atom. The van der Waals surface area contributed by atoms with Crippen LogP contribution >= 0.6 is 0 Å². The molecule has 15 heavy (non-hydrogen) atoms. The molecular formula is C15H18. The summed E-state index contributed by atoms with van der Waals surface area (Å²) in [6.07, 6.45) is 6.07. The fourth-order valence-electron chi connectivity index (χ4n) is 1.24. The van der Waals surface area contributed by atoms with E-state index in [1.54, 1.807) is 0 Å². The van der Waals surface area contributed by atoms with Gasteiger partial charge in [-0.05, 0) is 31.9 Å². The normalized spacial score (nSPS) is 12.7. The van der Waals surface area contributed by atoms with Gasteiger partial charge >= 0.3 is 0 Å². The topological polar surface area (TPSA) is 0 Å². The van der Waals surface area contributed by atoms with Crippen LogP contribution in [0.1, 0.15) is 25.0 Å². The Bertz CT molecular complexity index is 389. The largest absolute Gasteiger partial charge is 0.0988 e. The fraction of sp³-hybridized carbons (Fsp3) is 0.200. The monoisotopic (exact) mass is 198 g/mol. The zero-order chi connectivity index (χ0) is 11.3. The van der Waals surface area contributed by atoms with Crippen molar-refractivity contribution in [2.24, 2.45) is 0 Å². The highest BCUT2D eigenvalue weighted by molar-refractivity contribution is 5.65. The first kappa shape index (κ1) is 11.5. The Balaban J connectivity index is 2.89. The van der Waals surface area contributed by atoms with Crippen molar-refractivity contribution in [3.8, 4) is 0 Å². The molecule has 0 amide bonds. The summed E-state index contributed by atoms with van der Waals surface area (Å²) in [6.45, 7) is 10.00. The van der Waals surface area contributed by atoms with Crippen LogP contribution in [-0.4, -0.2) is 0 Å². The SMILES string of the molecule is C=C/C(C)=C/C=C(\C)c1ccc(C)cc1. The van der Waals surface area contributed by atoms with Crippen LogP contribution in [0.4, 0.5) is 0 Å². The second-order valence-electron chi connectivity index (χ2n) is 3.83. The zero-order valence-corrected chi connectivity index (χ0v) is 9.75. The van der Waals surface area contributed by atoms with Gasteiger partial charge < -0.3 is 0 Å². The van der Waals surface area contributed by atoms with Crippen LogP contribution in [0.3, 0.4) is 0 Å². The smallest absolute Gasteiger partial charge is 0.0227 e. The summed E-state index contributed by atoms with van der Waals surface area (Å²) in [6, 6.07) is 8.57. The second kappa shape index (κ2) is 5.35. The molecule has 0 aliphatic rings. The highest BCUT2D eigenvalue weighted by Crippen LogP contribution is 2.14. The van der Waals surface area contributed by atoms with Gasteiger partial charge in [0, 0.05) is 0 Å². The molecule has 0 N–H and O–H groups in total. The molecule has 0 heterocycles. The summed E-state index contributed by atoms with van der Waals surface area (Å²) in [5, 5.41) is 0. The summed E-state index contributed by atoms with van der Waals surface area (Å²) < 4.78 is 0. The Morgan fingerprint density at radius 3 is 2.20 bits per heavy atom. The van der Waals surface area contributed by atoms with Gasteiger partial charge in [-0.3, -0.25) is 0 Å². The molecule has 0 heteroatoms. The molecule has 0 bridgehead atoms. The summed E-state index contributed by atoms with van der Waals surface area (Å²) in [7, 11) is 0. The Morgan fingerprint density at radius 2 is 1.67 bits per heavy atom. The summed E-state index contributed by atoms with van der Waals surface area (Å²) >= 11 is 0. The van der Waals surface area contributed by atoms with Crippen molar-refractivity contribution in [1.82, 2.24) is 0 Å². The third-order valence-electron chi connectivity index (χ3n) is 2.43. The number of hydrogen-bond donors (Lipinski definition) is 0. The summed E-state index contributed by atoms with van der Waals surface area (Å²) in [5.74, 6) is 0. The molecule has 1 rings (SSSR count). The standard InChI is InChI=1S/C15H18/c1-5-12(2)6-9-14(4)15-10-7-13(3)8-11-15/h5-11H,1H2,2-4H3/b12-6+,14-9+. The van der Waals surface area contributed by atoms with E-state index >= 15 is 0 Å². The molecule has 1 aromatic carbocycles. The molecule has 0 atom stereocenters. The predicted molar refractivity (Wildman–Crippen MR) is 68.8 cm³/mol. The first-order valence-corrected chi connectivity index (χ1v) is 5.18. The van der Waals surface area contributed by atoms with E-state index in [9.17, 15) is 0 Å². The number of allylic oxidation sites excluding steroid dienone is 5. The van der Waals surface area contributed by atoms with Crippen molar-refractivity contribution < 1.29 is 0 Å². The van der Waals surface area contributed by atoms with Gasteiger partial charge in [-0.25, -0.2) is 0 Å². The van der Waals surface area contributed by atoms with E-state index in [0.29, 0.717) is 0 Å². The third kappa shape index (κ3) is 3.59. The minimum absolute atomic E-state index is 1.18. The lowest BCUT2D eigenvalue weighted by Gasteiger charge is -2.01. The average Bonchev–Trinajstić information content (AvgIpc) is 2.26. The van der Waals surface area contributed by atoms with Crippen LogP contribution in [0, 0.1) is 6.92 Å². The van der Waals surface area contributed by atoms with Gasteiger partial charge in [-0.1, -0.05) is 60.2 Å². The number of benzene rings is 1. The van der Waals surface area contributed by atoms with Crippen molar-refractivity contribution in [2.45, 2.75) is 20.8 Å². The van der Waals surface area contributed by atoms with Crippen LogP contribution in [0.15, 0.2) is 54.6 Å². The number of aryl methyl sites for hydroxylation is 1. The van der Waals surface area contributed by atoms with Crippen molar-refractivity contribution >= 4 is 5.57 Å². The van der Waals surface area contributed by atoms with Gasteiger partial charge in [-0.2, -0.15) is 0 Å². The molecule has 0 spiro atoms. The van der Waals surface area contributed by atoms with Crippen LogP contribution in [-0.2, 0) is 0 Å². The maximum absolute atomic E-state index is 3.73. The van der Waals surface area contributed by atoms with Crippen molar-refractivity contribution in [3.05, 3.63) is 65.8 Å². The van der Waals surface area contributed by atoms with Gasteiger partial charge in [0.1, 0.15) is 0 Å². The van der Waals surface area contributed by atoms with E-state index in [1.165, 1.54) is 22.3 Å². The Hall–Kier alpha value is -1.56. The van der Waals surface area contributed by atoms with Crippen molar-refractivity contribution in [3.63, 3.8) is 0 Å². The van der Waals surface area contributed by atoms with Crippen LogP contribution in [0.25, 0.3) is 5.57 Å². The molecule has 1 aromatic rings. The van der Waals surface area contributed by atoms with E-state index < -0.39 is 0 Å². The second-order valence-corrected chi connectivity index (χ2v) is 3.83. The molecule has 0 saturated heterocycles. The fourth-order valence-corrected chi connectivity index (χ4v) is 1.24. The Labute approximate surface area is 92.6 Å². The molecule has 0 aliphatic heterocycles. The van der Waals surface area contributed by atoms with Gasteiger partial charge in [0.25, 0.3) is 0 Å². The van der Waals surface area contributed by atoms with Crippen molar-refractivity contribution in [1.29, 1.82) is 0 Å². The van der Waals surface area contributed by atoms with E-state index in [1.807, 2.05) is 13.0 Å². The lowest BCUT2D eigenvalue weighted by molar-refractivity contribution is 1.44. The minimum atomic E-state index is 1.18. The maximum Gasteiger partial charge on any atom is -0.0227 e. The molecule has 0 fully saturated rings. The number of rotatable bonds is 3. The van der Waals surface area contributed by atoms with E-state index in [4.69, 9.17) is 0 Å². The highest BCUT2D eigenvalue weighted by atomic mass is 14.0. The first-order valence-electron chi connectivity index (χ1n) is 5.18. The lowest BCUT2D eigenvalue weighted by atomic mass is 10.1. The van der Waals surface area contributed by atoms with E-state index in [-0.39, 0.29) is 0 Å². The maximum atomic E-state index is 3.73. The van der Waals surface area contributed by atoms with Gasteiger partial charge in [0.15, 0.2) is 0 Å². The van der Waals surface area contributed by atoms with E-state index in [2.05, 4.69) is 56.8 Å². The molecule has 0 aromatic heterocycles. The van der Waals surface area contributed by atoms with Crippen LogP contribution in [0.5, 0.6) is 0 Å². The van der Waals surface area contributed by atoms with Crippen molar-refractivity contribution in [2.75, 3.05) is 0 Å². The first-order chi connectivity index (χ1) is 7.13. The highest BCUT2D eigenvalue weighted by Gasteiger charge is 1.93. The molecule has 0 radical (unpaired) electrons. The Kier molecular flexibility index (Phi) is 4.11. The molecular weight excluding hydrogens is 180 g/mol.